The molecule has 0 radical (unpaired) electrons. The van der Waals surface area contributed by atoms with Crippen molar-refractivity contribution in [2.45, 2.75) is 33.1 Å². The van der Waals surface area contributed by atoms with E-state index in [1.807, 2.05) is 74.6 Å². The van der Waals surface area contributed by atoms with E-state index in [-0.39, 0.29) is 5.91 Å². The number of aromatic nitrogens is 2. The molecule has 0 aliphatic heterocycles. The highest BCUT2D eigenvalue weighted by Gasteiger charge is 2.20. The van der Waals surface area contributed by atoms with Crippen LogP contribution in [0.5, 0.6) is 0 Å². The molecule has 158 valence electrons. The van der Waals surface area contributed by atoms with Gasteiger partial charge in [0.25, 0.3) is 5.91 Å². The monoisotopic (exact) mass is 413 g/mol. The van der Waals surface area contributed by atoms with E-state index in [9.17, 15) is 4.79 Å². The number of fused-ring (bicyclic) bond motifs is 1. The number of benzene rings is 2. The molecule has 0 saturated heterocycles. The van der Waals surface area contributed by atoms with Crippen LogP contribution in [0.15, 0.2) is 65.2 Å². The molecular formula is C26H27N3O2. The second kappa shape index (κ2) is 9.13. The second-order valence-corrected chi connectivity index (χ2v) is 7.80. The first-order valence-electron chi connectivity index (χ1n) is 10.7. The molecule has 1 amide bonds. The first-order chi connectivity index (χ1) is 15.1. The van der Waals surface area contributed by atoms with Crippen molar-refractivity contribution in [2.24, 2.45) is 0 Å². The molecule has 0 N–H and O–H groups in total. The molecule has 0 aliphatic carbocycles. The molecule has 2 aromatic heterocycles. The van der Waals surface area contributed by atoms with Gasteiger partial charge in [-0.25, -0.2) is 0 Å². The van der Waals surface area contributed by atoms with Crippen molar-refractivity contribution in [1.29, 1.82) is 0 Å². The Morgan fingerprint density at radius 2 is 1.81 bits per heavy atom. The first kappa shape index (κ1) is 20.8. The van der Waals surface area contributed by atoms with Crippen molar-refractivity contribution in [3.8, 4) is 11.3 Å². The summed E-state index contributed by atoms with van der Waals surface area (Å²) in [6.45, 7) is 4.71. The summed E-state index contributed by atoms with van der Waals surface area (Å²) >= 11 is 0. The van der Waals surface area contributed by atoms with Crippen molar-refractivity contribution in [1.82, 2.24) is 15.0 Å². The largest absolute Gasteiger partial charge is 0.361 e. The third kappa shape index (κ3) is 4.36. The summed E-state index contributed by atoms with van der Waals surface area (Å²) in [6, 6.07) is 19.8. The Morgan fingerprint density at radius 1 is 1.06 bits per heavy atom. The van der Waals surface area contributed by atoms with Crippen molar-refractivity contribution in [3.05, 3.63) is 83.2 Å². The number of amides is 1. The molecule has 2 aromatic carbocycles. The van der Waals surface area contributed by atoms with Crippen LogP contribution in [-0.2, 0) is 12.8 Å². The van der Waals surface area contributed by atoms with Gasteiger partial charge in [-0.15, -0.1) is 0 Å². The van der Waals surface area contributed by atoms with Crippen LogP contribution in [0.1, 0.15) is 40.7 Å². The summed E-state index contributed by atoms with van der Waals surface area (Å²) in [5, 5.41) is 5.08. The number of carbonyl (C=O) groups is 1. The van der Waals surface area contributed by atoms with E-state index in [0.717, 1.165) is 64.0 Å². The van der Waals surface area contributed by atoms with E-state index in [1.54, 1.807) is 4.90 Å². The third-order valence-corrected chi connectivity index (χ3v) is 5.68. The van der Waals surface area contributed by atoms with E-state index in [0.29, 0.717) is 6.54 Å². The summed E-state index contributed by atoms with van der Waals surface area (Å²) < 4.78 is 5.49. The topological polar surface area (TPSA) is 59.2 Å². The Bertz CT molecular complexity index is 1200. The Labute approximate surface area is 182 Å². The number of para-hydroxylation sites is 1. The minimum Gasteiger partial charge on any atom is -0.361 e. The number of nitrogens with zero attached hydrogens (tertiary/aromatic N) is 3. The minimum absolute atomic E-state index is 0.0355. The molecule has 0 saturated carbocycles. The number of pyridine rings is 1. The molecule has 0 unspecified atom stereocenters. The Morgan fingerprint density at radius 3 is 2.58 bits per heavy atom. The number of carbonyl (C=O) groups excluding carboxylic acids is 1. The lowest BCUT2D eigenvalue weighted by atomic mass is 9.99. The first-order valence-corrected chi connectivity index (χ1v) is 10.7. The predicted octanol–water partition coefficient (Wildman–Crippen LogP) is 5.47. The van der Waals surface area contributed by atoms with Gasteiger partial charge in [0, 0.05) is 42.7 Å². The highest BCUT2D eigenvalue weighted by atomic mass is 16.5. The van der Waals surface area contributed by atoms with Crippen molar-refractivity contribution in [3.63, 3.8) is 0 Å². The van der Waals surface area contributed by atoms with Crippen molar-refractivity contribution < 1.29 is 9.32 Å². The Balaban J connectivity index is 1.45. The number of rotatable bonds is 7. The van der Waals surface area contributed by atoms with Gasteiger partial charge in [-0.05, 0) is 31.4 Å². The van der Waals surface area contributed by atoms with E-state index < -0.39 is 0 Å². The fraction of sp³-hybridized carbons (Fsp3) is 0.269. The highest BCUT2D eigenvalue weighted by molar-refractivity contribution is 6.07. The molecule has 5 heteroatoms. The summed E-state index contributed by atoms with van der Waals surface area (Å²) in [6.07, 6.45) is 2.33. The standard InChI is InChI=1S/C26H27N3O2/c1-4-22-18(2)25(21-14-8-9-15-23(21)27-22)26(30)29(3)16-10-13-20-17-24(28-31-20)19-11-6-5-7-12-19/h5-9,11-12,14-15,17H,4,10,13,16H2,1-3H3. The van der Waals surface area contributed by atoms with Gasteiger partial charge in [-0.2, -0.15) is 0 Å². The molecular weight excluding hydrogens is 386 g/mol. The van der Waals surface area contributed by atoms with E-state index in [4.69, 9.17) is 9.51 Å². The predicted molar refractivity (Wildman–Crippen MR) is 123 cm³/mol. The summed E-state index contributed by atoms with van der Waals surface area (Å²) in [5.41, 5.74) is 5.46. The fourth-order valence-electron chi connectivity index (χ4n) is 3.94. The van der Waals surface area contributed by atoms with Gasteiger partial charge in [-0.3, -0.25) is 9.78 Å². The fourth-order valence-corrected chi connectivity index (χ4v) is 3.94. The third-order valence-electron chi connectivity index (χ3n) is 5.68. The zero-order valence-corrected chi connectivity index (χ0v) is 18.3. The number of aryl methyl sites for hydroxylation is 2. The Hall–Kier alpha value is -3.47. The zero-order valence-electron chi connectivity index (χ0n) is 18.3. The maximum absolute atomic E-state index is 13.3. The van der Waals surface area contributed by atoms with Gasteiger partial charge < -0.3 is 9.42 Å². The number of hydrogen-bond acceptors (Lipinski definition) is 4. The molecule has 0 aliphatic rings. The lowest BCUT2D eigenvalue weighted by Gasteiger charge is -2.20. The quantitative estimate of drug-likeness (QED) is 0.403. The van der Waals surface area contributed by atoms with E-state index in [2.05, 4.69) is 12.1 Å². The van der Waals surface area contributed by atoms with Crippen LogP contribution in [0.25, 0.3) is 22.2 Å². The second-order valence-electron chi connectivity index (χ2n) is 7.80. The Kier molecular flexibility index (Phi) is 6.12. The van der Waals surface area contributed by atoms with Gasteiger partial charge in [0.15, 0.2) is 0 Å². The molecule has 4 aromatic rings. The van der Waals surface area contributed by atoms with Gasteiger partial charge in [0.05, 0.1) is 11.1 Å². The maximum Gasteiger partial charge on any atom is 0.254 e. The van der Waals surface area contributed by atoms with Gasteiger partial charge in [0.1, 0.15) is 11.5 Å². The van der Waals surface area contributed by atoms with Crippen LogP contribution in [0.4, 0.5) is 0 Å². The van der Waals surface area contributed by atoms with E-state index in [1.165, 1.54) is 0 Å². The molecule has 4 rings (SSSR count). The van der Waals surface area contributed by atoms with Crippen molar-refractivity contribution >= 4 is 16.8 Å². The molecule has 31 heavy (non-hydrogen) atoms. The molecule has 0 atom stereocenters. The minimum atomic E-state index is 0.0355. The smallest absolute Gasteiger partial charge is 0.254 e. The van der Waals surface area contributed by atoms with Crippen LogP contribution in [0.3, 0.4) is 0 Å². The summed E-state index contributed by atoms with van der Waals surface area (Å²) in [7, 11) is 1.86. The highest BCUT2D eigenvalue weighted by Crippen LogP contribution is 2.25. The maximum atomic E-state index is 13.3. The molecule has 2 heterocycles. The van der Waals surface area contributed by atoms with Crippen LogP contribution in [0.2, 0.25) is 0 Å². The number of hydrogen-bond donors (Lipinski definition) is 0. The van der Waals surface area contributed by atoms with Gasteiger partial charge in [0.2, 0.25) is 0 Å². The van der Waals surface area contributed by atoms with Crippen LogP contribution >= 0.6 is 0 Å². The SMILES string of the molecule is CCc1nc2ccccc2c(C(=O)N(C)CCCc2cc(-c3ccccc3)no2)c1C. The molecule has 5 nitrogen and oxygen atoms in total. The van der Waals surface area contributed by atoms with Crippen molar-refractivity contribution in [2.75, 3.05) is 13.6 Å². The normalized spacial score (nSPS) is 11.1. The lowest BCUT2D eigenvalue weighted by Crippen LogP contribution is -2.29. The van der Waals surface area contributed by atoms with Crippen LogP contribution in [0, 0.1) is 6.92 Å². The summed E-state index contributed by atoms with van der Waals surface area (Å²) in [4.78, 5) is 19.9. The average molecular weight is 414 g/mol. The molecule has 0 spiro atoms. The van der Waals surface area contributed by atoms with Crippen LogP contribution in [-0.4, -0.2) is 34.5 Å². The zero-order chi connectivity index (χ0) is 21.8. The molecule has 0 fully saturated rings. The lowest BCUT2D eigenvalue weighted by molar-refractivity contribution is 0.0794. The molecule has 0 bridgehead atoms. The van der Waals surface area contributed by atoms with E-state index >= 15 is 0 Å². The van der Waals surface area contributed by atoms with Crippen LogP contribution < -0.4 is 0 Å². The average Bonchev–Trinajstić information content (AvgIpc) is 3.27. The van der Waals surface area contributed by atoms with Gasteiger partial charge in [-0.1, -0.05) is 60.6 Å². The van der Waals surface area contributed by atoms with Gasteiger partial charge >= 0.3 is 0 Å². The summed E-state index contributed by atoms with van der Waals surface area (Å²) in [5.74, 6) is 0.867.